The maximum absolute atomic E-state index is 12.5. The number of hydrogen-bond acceptors (Lipinski definition) is 4. The summed E-state index contributed by atoms with van der Waals surface area (Å²) in [7, 11) is -3.77. The number of amides is 1. The standard InChI is InChI=1S/C23H23ClN2O4S/c1-15-4-13-22(16(2)14-15)30-17(3)23(27)25-19-9-11-21(12-10-19)31(28,29)26-20-7-5-18(24)6-8-20/h4-14,17,26H,1-3H3,(H,25,27)/t17-/m0/s1. The first-order valence-electron chi connectivity index (χ1n) is 9.57. The van der Waals surface area contributed by atoms with E-state index in [-0.39, 0.29) is 10.8 Å². The monoisotopic (exact) mass is 458 g/mol. The molecule has 0 fully saturated rings. The van der Waals surface area contributed by atoms with Crippen LogP contribution in [-0.4, -0.2) is 20.4 Å². The summed E-state index contributed by atoms with van der Waals surface area (Å²) in [5, 5.41) is 3.25. The van der Waals surface area contributed by atoms with Crippen LogP contribution in [0.4, 0.5) is 11.4 Å². The predicted octanol–water partition coefficient (Wildman–Crippen LogP) is 5.16. The number of sulfonamides is 1. The molecule has 2 N–H and O–H groups in total. The summed E-state index contributed by atoms with van der Waals surface area (Å²) >= 11 is 5.82. The number of carbonyl (C=O) groups excluding carboxylic acids is 1. The number of ether oxygens (including phenoxy) is 1. The van der Waals surface area contributed by atoms with Crippen molar-refractivity contribution in [2.24, 2.45) is 0 Å². The Labute approximate surface area is 187 Å². The molecule has 6 nitrogen and oxygen atoms in total. The summed E-state index contributed by atoms with van der Waals surface area (Å²) in [5.74, 6) is 0.304. The molecule has 0 saturated heterocycles. The molecule has 0 bridgehead atoms. The Morgan fingerprint density at radius 3 is 2.16 bits per heavy atom. The van der Waals surface area contributed by atoms with E-state index in [4.69, 9.17) is 16.3 Å². The molecule has 0 unspecified atom stereocenters. The Bertz CT molecular complexity index is 1180. The van der Waals surface area contributed by atoms with Gasteiger partial charge in [-0.15, -0.1) is 0 Å². The van der Waals surface area contributed by atoms with Gasteiger partial charge in [-0.05, 0) is 80.9 Å². The van der Waals surface area contributed by atoms with E-state index in [1.54, 1.807) is 31.2 Å². The van der Waals surface area contributed by atoms with E-state index >= 15 is 0 Å². The number of rotatable bonds is 7. The molecule has 31 heavy (non-hydrogen) atoms. The summed E-state index contributed by atoms with van der Waals surface area (Å²) in [6, 6.07) is 18.0. The van der Waals surface area contributed by atoms with E-state index < -0.39 is 16.1 Å². The Kier molecular flexibility index (Phi) is 6.87. The van der Waals surface area contributed by atoms with E-state index in [1.165, 1.54) is 24.3 Å². The lowest BCUT2D eigenvalue weighted by Crippen LogP contribution is -2.30. The van der Waals surface area contributed by atoms with E-state index in [2.05, 4.69) is 10.0 Å². The fourth-order valence-corrected chi connectivity index (χ4v) is 4.05. The van der Waals surface area contributed by atoms with Crippen molar-refractivity contribution < 1.29 is 17.9 Å². The van der Waals surface area contributed by atoms with Crippen LogP contribution >= 0.6 is 11.6 Å². The summed E-state index contributed by atoms with van der Waals surface area (Å²) in [5.41, 5.74) is 2.93. The lowest BCUT2D eigenvalue weighted by atomic mass is 10.1. The van der Waals surface area contributed by atoms with Gasteiger partial charge in [0, 0.05) is 16.4 Å². The highest BCUT2D eigenvalue weighted by atomic mass is 35.5. The number of carbonyl (C=O) groups is 1. The highest BCUT2D eigenvalue weighted by molar-refractivity contribution is 7.92. The van der Waals surface area contributed by atoms with Gasteiger partial charge in [-0.3, -0.25) is 9.52 Å². The molecule has 0 saturated carbocycles. The molecule has 3 rings (SSSR count). The number of nitrogens with one attached hydrogen (secondary N) is 2. The van der Waals surface area contributed by atoms with Crippen LogP contribution in [0.5, 0.6) is 5.75 Å². The van der Waals surface area contributed by atoms with Gasteiger partial charge in [-0.2, -0.15) is 0 Å². The molecule has 0 aromatic heterocycles. The van der Waals surface area contributed by atoms with Crippen molar-refractivity contribution in [3.8, 4) is 5.75 Å². The van der Waals surface area contributed by atoms with Gasteiger partial charge >= 0.3 is 0 Å². The molecule has 0 aliphatic rings. The third kappa shape index (κ3) is 5.99. The summed E-state index contributed by atoms with van der Waals surface area (Å²) in [6.45, 7) is 5.56. The molecule has 162 valence electrons. The van der Waals surface area contributed by atoms with Crippen molar-refractivity contribution in [1.29, 1.82) is 0 Å². The quantitative estimate of drug-likeness (QED) is 0.512. The van der Waals surface area contributed by atoms with Crippen molar-refractivity contribution in [3.63, 3.8) is 0 Å². The topological polar surface area (TPSA) is 84.5 Å². The van der Waals surface area contributed by atoms with Crippen LogP contribution in [0, 0.1) is 13.8 Å². The molecule has 0 radical (unpaired) electrons. The first kappa shape index (κ1) is 22.7. The van der Waals surface area contributed by atoms with E-state index in [0.29, 0.717) is 22.1 Å². The fourth-order valence-electron chi connectivity index (χ4n) is 2.87. The van der Waals surface area contributed by atoms with Crippen LogP contribution in [0.1, 0.15) is 18.1 Å². The van der Waals surface area contributed by atoms with Crippen molar-refractivity contribution in [2.75, 3.05) is 10.0 Å². The lowest BCUT2D eigenvalue weighted by Gasteiger charge is -2.17. The van der Waals surface area contributed by atoms with Gasteiger partial charge in [0.1, 0.15) is 5.75 Å². The minimum absolute atomic E-state index is 0.0695. The SMILES string of the molecule is Cc1ccc(O[C@@H](C)C(=O)Nc2ccc(S(=O)(=O)Nc3ccc(Cl)cc3)cc2)c(C)c1. The zero-order chi connectivity index (χ0) is 22.6. The second-order valence-corrected chi connectivity index (χ2v) is 9.27. The van der Waals surface area contributed by atoms with Crippen molar-refractivity contribution in [1.82, 2.24) is 0 Å². The summed E-state index contributed by atoms with van der Waals surface area (Å²) in [4.78, 5) is 12.5. The van der Waals surface area contributed by atoms with Crippen molar-refractivity contribution in [2.45, 2.75) is 31.8 Å². The Morgan fingerprint density at radius 2 is 1.55 bits per heavy atom. The third-order valence-corrected chi connectivity index (χ3v) is 6.18. The van der Waals surface area contributed by atoms with E-state index in [1.807, 2.05) is 32.0 Å². The molecular formula is C23H23ClN2O4S. The Hall–Kier alpha value is -3.03. The number of aryl methyl sites for hydroxylation is 2. The van der Waals surface area contributed by atoms with Crippen LogP contribution in [0.3, 0.4) is 0 Å². The maximum atomic E-state index is 12.5. The Balaban J connectivity index is 1.63. The van der Waals surface area contributed by atoms with Crippen LogP contribution in [0.25, 0.3) is 0 Å². The minimum Gasteiger partial charge on any atom is -0.481 e. The van der Waals surface area contributed by atoms with Gasteiger partial charge in [0.25, 0.3) is 15.9 Å². The van der Waals surface area contributed by atoms with Gasteiger partial charge in [-0.25, -0.2) is 8.42 Å². The van der Waals surface area contributed by atoms with Crippen LogP contribution in [-0.2, 0) is 14.8 Å². The summed E-state index contributed by atoms with van der Waals surface area (Å²) < 4.78 is 33.3. The van der Waals surface area contributed by atoms with Crippen molar-refractivity contribution >= 4 is 38.9 Å². The van der Waals surface area contributed by atoms with E-state index in [9.17, 15) is 13.2 Å². The number of anilines is 2. The average Bonchev–Trinajstić information content (AvgIpc) is 2.72. The first-order chi connectivity index (χ1) is 14.6. The number of benzene rings is 3. The van der Waals surface area contributed by atoms with Crippen molar-refractivity contribution in [3.05, 3.63) is 82.9 Å². The summed E-state index contributed by atoms with van der Waals surface area (Å²) in [6.07, 6.45) is -0.726. The largest absolute Gasteiger partial charge is 0.481 e. The molecule has 0 heterocycles. The molecule has 8 heteroatoms. The highest BCUT2D eigenvalue weighted by Gasteiger charge is 2.18. The molecule has 1 amide bonds. The molecule has 0 aliphatic carbocycles. The van der Waals surface area contributed by atoms with Gasteiger partial charge in [0.15, 0.2) is 6.10 Å². The number of hydrogen-bond donors (Lipinski definition) is 2. The molecular weight excluding hydrogens is 436 g/mol. The molecule has 0 spiro atoms. The van der Waals surface area contributed by atoms with E-state index in [0.717, 1.165) is 11.1 Å². The minimum atomic E-state index is -3.77. The molecule has 1 atom stereocenters. The smallest absolute Gasteiger partial charge is 0.265 e. The van der Waals surface area contributed by atoms with Crippen LogP contribution < -0.4 is 14.8 Å². The maximum Gasteiger partial charge on any atom is 0.265 e. The van der Waals surface area contributed by atoms with Crippen LogP contribution in [0.15, 0.2) is 71.6 Å². The molecule has 3 aromatic carbocycles. The van der Waals surface area contributed by atoms with Crippen LogP contribution in [0.2, 0.25) is 5.02 Å². The second kappa shape index (κ2) is 9.41. The zero-order valence-corrected chi connectivity index (χ0v) is 18.9. The number of halogens is 1. The van der Waals surface area contributed by atoms with Gasteiger partial charge in [0.2, 0.25) is 0 Å². The highest BCUT2D eigenvalue weighted by Crippen LogP contribution is 2.22. The van der Waals surface area contributed by atoms with Gasteiger partial charge in [-0.1, -0.05) is 29.3 Å². The second-order valence-electron chi connectivity index (χ2n) is 7.16. The third-order valence-electron chi connectivity index (χ3n) is 4.53. The fraction of sp³-hybridized carbons (Fsp3) is 0.174. The lowest BCUT2D eigenvalue weighted by molar-refractivity contribution is -0.122. The normalized spacial score (nSPS) is 12.1. The Morgan fingerprint density at radius 1 is 0.935 bits per heavy atom. The molecule has 0 aliphatic heterocycles. The molecule has 3 aromatic rings. The zero-order valence-electron chi connectivity index (χ0n) is 17.3. The van der Waals surface area contributed by atoms with Gasteiger partial charge < -0.3 is 10.1 Å². The average molecular weight is 459 g/mol. The van der Waals surface area contributed by atoms with Gasteiger partial charge in [0.05, 0.1) is 4.90 Å². The first-order valence-corrected chi connectivity index (χ1v) is 11.4. The predicted molar refractivity (Wildman–Crippen MR) is 123 cm³/mol.